The number of esters is 1. The topological polar surface area (TPSA) is 122 Å². The Hall–Kier alpha value is -3.64. The Morgan fingerprint density at radius 2 is 2.03 bits per heavy atom. The third-order valence-corrected chi connectivity index (χ3v) is 7.63. The van der Waals surface area contributed by atoms with Gasteiger partial charge in [-0.2, -0.15) is 5.10 Å². The number of aromatic nitrogens is 5. The van der Waals surface area contributed by atoms with Crippen LogP contribution >= 0.6 is 15.9 Å². The molecule has 12 heteroatoms. The smallest absolute Gasteiger partial charge is 0.339 e. The fraction of sp³-hybridized carbons (Fsp3) is 0.385. The highest BCUT2D eigenvalue weighted by atomic mass is 79.9. The first-order chi connectivity index (χ1) is 18.1. The predicted octanol–water partition coefficient (Wildman–Crippen LogP) is 2.77. The third kappa shape index (κ3) is 4.58. The fourth-order valence-electron chi connectivity index (χ4n) is 5.23. The van der Waals surface area contributed by atoms with Gasteiger partial charge in [-0.1, -0.05) is 15.9 Å². The fourth-order valence-corrected chi connectivity index (χ4v) is 5.58. The number of anilines is 1. The zero-order valence-electron chi connectivity index (χ0n) is 21.8. The molecule has 200 valence electrons. The third-order valence-electron chi connectivity index (χ3n) is 7.14. The first-order valence-corrected chi connectivity index (χ1v) is 13.0. The van der Waals surface area contributed by atoms with Gasteiger partial charge in [0.1, 0.15) is 6.61 Å². The molecule has 1 aromatic carbocycles. The van der Waals surface area contributed by atoms with Crippen molar-refractivity contribution < 1.29 is 14.3 Å². The molecule has 0 saturated carbocycles. The monoisotopic (exact) mass is 583 g/mol. The Balaban J connectivity index is 1.32. The molecule has 4 aromatic rings. The molecule has 0 radical (unpaired) electrons. The number of methoxy groups -OCH3 is 1. The maximum Gasteiger partial charge on any atom is 0.339 e. The predicted molar refractivity (Wildman–Crippen MR) is 147 cm³/mol. The average molecular weight is 584 g/mol. The summed E-state index contributed by atoms with van der Waals surface area (Å²) in [4.78, 5) is 31.9. The molecule has 1 unspecified atom stereocenters. The SMILES string of the molecule is COC(=O)c1cc(-c2cnn(C)c2OCCN2CCC(C)(n3c(N)nc4ccc(Br)cc43)C2)c(=O)n(C)c1. The highest BCUT2D eigenvalue weighted by Crippen LogP contribution is 2.35. The molecule has 4 heterocycles. The lowest BCUT2D eigenvalue weighted by molar-refractivity contribution is 0.0599. The molecule has 0 spiro atoms. The molecule has 1 fully saturated rings. The number of hydrogen-bond acceptors (Lipinski definition) is 8. The van der Waals surface area contributed by atoms with Crippen LogP contribution in [0.4, 0.5) is 5.95 Å². The number of aryl methyl sites for hydroxylation is 2. The van der Waals surface area contributed by atoms with E-state index in [-0.39, 0.29) is 16.7 Å². The molecule has 5 rings (SSSR count). The van der Waals surface area contributed by atoms with Crippen molar-refractivity contribution in [1.82, 2.24) is 28.8 Å². The largest absolute Gasteiger partial charge is 0.476 e. The van der Waals surface area contributed by atoms with Crippen molar-refractivity contribution in [2.24, 2.45) is 14.1 Å². The molecule has 1 saturated heterocycles. The number of hydrogen-bond donors (Lipinski definition) is 1. The standard InChI is InChI=1S/C26H30BrN7O4/c1-26(34-21-12-17(27)5-6-20(21)30-25(34)28)7-8-33(15-26)9-10-38-23-19(13-29-32(23)3)18-11-16(24(36)37-4)14-31(2)22(18)35/h5-6,11-14H,7-10,15H2,1-4H3,(H2,28,30). The first-order valence-electron chi connectivity index (χ1n) is 12.2. The number of fused-ring (bicyclic) bond motifs is 1. The maximum atomic E-state index is 12.9. The molecule has 1 aliphatic rings. The molecule has 38 heavy (non-hydrogen) atoms. The van der Waals surface area contributed by atoms with Gasteiger partial charge >= 0.3 is 5.97 Å². The Bertz CT molecular complexity index is 1590. The summed E-state index contributed by atoms with van der Waals surface area (Å²) in [6.45, 7) is 4.95. The second kappa shape index (κ2) is 9.91. The normalized spacial score (nSPS) is 17.8. The van der Waals surface area contributed by atoms with Gasteiger partial charge in [-0.15, -0.1) is 0 Å². The Labute approximate surface area is 227 Å². The molecule has 0 amide bonds. The number of rotatable bonds is 7. The van der Waals surface area contributed by atoms with Gasteiger partial charge in [0.15, 0.2) is 0 Å². The van der Waals surface area contributed by atoms with Crippen LogP contribution in [-0.4, -0.2) is 68.1 Å². The number of nitrogens with two attached hydrogens (primary N) is 1. The van der Waals surface area contributed by atoms with Gasteiger partial charge in [0.2, 0.25) is 11.8 Å². The number of ether oxygens (including phenoxy) is 2. The van der Waals surface area contributed by atoms with Gasteiger partial charge in [0, 0.05) is 44.4 Å². The van der Waals surface area contributed by atoms with Crippen LogP contribution in [0.5, 0.6) is 5.88 Å². The van der Waals surface area contributed by atoms with E-state index < -0.39 is 5.97 Å². The molecule has 0 bridgehead atoms. The molecule has 0 aliphatic carbocycles. The van der Waals surface area contributed by atoms with Crippen molar-refractivity contribution in [2.45, 2.75) is 18.9 Å². The summed E-state index contributed by atoms with van der Waals surface area (Å²) < 4.78 is 17.1. The Morgan fingerprint density at radius 3 is 2.79 bits per heavy atom. The van der Waals surface area contributed by atoms with Crippen LogP contribution in [0.2, 0.25) is 0 Å². The highest BCUT2D eigenvalue weighted by Gasteiger charge is 2.37. The van der Waals surface area contributed by atoms with Crippen molar-refractivity contribution in [3.63, 3.8) is 0 Å². The second-order valence-electron chi connectivity index (χ2n) is 9.85. The minimum Gasteiger partial charge on any atom is -0.476 e. The van der Waals surface area contributed by atoms with Gasteiger partial charge in [-0.25, -0.2) is 14.5 Å². The van der Waals surface area contributed by atoms with E-state index in [1.165, 1.54) is 23.9 Å². The van der Waals surface area contributed by atoms with Crippen molar-refractivity contribution >= 4 is 38.9 Å². The summed E-state index contributed by atoms with van der Waals surface area (Å²) in [5, 5.41) is 4.30. The van der Waals surface area contributed by atoms with Crippen LogP contribution in [0, 0.1) is 0 Å². The molecule has 1 aliphatic heterocycles. The number of nitrogens with zero attached hydrogens (tertiary/aromatic N) is 6. The summed E-state index contributed by atoms with van der Waals surface area (Å²) in [7, 11) is 4.65. The molecular formula is C26H30BrN7O4. The highest BCUT2D eigenvalue weighted by molar-refractivity contribution is 9.10. The van der Waals surface area contributed by atoms with Crippen LogP contribution < -0.4 is 16.0 Å². The summed E-state index contributed by atoms with van der Waals surface area (Å²) in [5.41, 5.74) is 8.88. The van der Waals surface area contributed by atoms with E-state index in [0.29, 0.717) is 36.1 Å². The lowest BCUT2D eigenvalue weighted by atomic mass is 10.0. The van der Waals surface area contributed by atoms with Gasteiger partial charge in [0.25, 0.3) is 5.56 Å². The summed E-state index contributed by atoms with van der Waals surface area (Å²) in [5.74, 6) is 0.443. The zero-order chi connectivity index (χ0) is 27.2. The van der Waals surface area contributed by atoms with Gasteiger partial charge in [0.05, 0.1) is 46.6 Å². The summed E-state index contributed by atoms with van der Waals surface area (Å²) >= 11 is 3.56. The van der Waals surface area contributed by atoms with Crippen LogP contribution in [-0.2, 0) is 24.4 Å². The van der Waals surface area contributed by atoms with E-state index in [1.54, 1.807) is 25.0 Å². The number of carbonyl (C=O) groups excluding carboxylic acids is 1. The lowest BCUT2D eigenvalue weighted by Crippen LogP contribution is -2.36. The van der Waals surface area contributed by atoms with E-state index in [4.69, 9.17) is 15.2 Å². The van der Waals surface area contributed by atoms with E-state index in [9.17, 15) is 9.59 Å². The van der Waals surface area contributed by atoms with Crippen LogP contribution in [0.3, 0.4) is 0 Å². The van der Waals surface area contributed by atoms with E-state index in [0.717, 1.165) is 35.0 Å². The maximum absolute atomic E-state index is 12.9. The second-order valence-corrected chi connectivity index (χ2v) is 10.8. The van der Waals surface area contributed by atoms with Crippen molar-refractivity contribution in [3.8, 4) is 17.0 Å². The van der Waals surface area contributed by atoms with E-state index in [1.807, 2.05) is 12.1 Å². The summed E-state index contributed by atoms with van der Waals surface area (Å²) in [6, 6.07) is 7.51. The van der Waals surface area contributed by atoms with E-state index in [2.05, 4.69) is 48.5 Å². The molecular weight excluding hydrogens is 554 g/mol. The van der Waals surface area contributed by atoms with E-state index >= 15 is 0 Å². The number of imidazole rings is 1. The zero-order valence-corrected chi connectivity index (χ0v) is 23.4. The average Bonchev–Trinajstić information content (AvgIpc) is 3.55. The summed E-state index contributed by atoms with van der Waals surface area (Å²) in [6.07, 6.45) is 3.95. The van der Waals surface area contributed by atoms with Crippen LogP contribution in [0.1, 0.15) is 23.7 Å². The lowest BCUT2D eigenvalue weighted by Gasteiger charge is -2.28. The number of pyridine rings is 1. The van der Waals surface area contributed by atoms with Gasteiger partial charge in [-0.05, 0) is 37.6 Å². The molecule has 2 N–H and O–H groups in total. The van der Waals surface area contributed by atoms with Gasteiger partial charge < -0.3 is 24.3 Å². The number of likely N-dealkylation sites (tertiary alicyclic amines) is 1. The molecule has 1 atom stereocenters. The minimum absolute atomic E-state index is 0.210. The molecule has 11 nitrogen and oxygen atoms in total. The Kier molecular flexibility index (Phi) is 6.78. The molecule has 3 aromatic heterocycles. The quantitative estimate of drug-likeness (QED) is 0.329. The number of nitrogen functional groups attached to an aromatic ring is 1. The number of carbonyl (C=O) groups is 1. The van der Waals surface area contributed by atoms with Crippen molar-refractivity contribution in [2.75, 3.05) is 39.1 Å². The first kappa shape index (κ1) is 26.0. The van der Waals surface area contributed by atoms with Gasteiger partial charge in [-0.3, -0.25) is 9.69 Å². The minimum atomic E-state index is -0.524. The van der Waals surface area contributed by atoms with Crippen LogP contribution in [0.15, 0.2) is 45.9 Å². The number of halogens is 1. The van der Waals surface area contributed by atoms with Crippen molar-refractivity contribution in [3.05, 3.63) is 57.0 Å². The van der Waals surface area contributed by atoms with Crippen molar-refractivity contribution in [1.29, 1.82) is 0 Å². The number of benzene rings is 1. The Morgan fingerprint density at radius 1 is 1.24 bits per heavy atom. The van der Waals surface area contributed by atoms with Crippen LogP contribution in [0.25, 0.3) is 22.2 Å².